The number of tetrazole rings is 1. The Morgan fingerprint density at radius 2 is 1.63 bits per heavy atom. The third kappa shape index (κ3) is 7.11. The highest BCUT2D eigenvalue weighted by molar-refractivity contribution is 5.96. The van der Waals surface area contributed by atoms with Crippen molar-refractivity contribution in [2.75, 3.05) is 6.61 Å². The van der Waals surface area contributed by atoms with E-state index < -0.39 is 29.8 Å². The van der Waals surface area contributed by atoms with Crippen LogP contribution >= 0.6 is 0 Å². The van der Waals surface area contributed by atoms with Crippen LogP contribution in [0.1, 0.15) is 36.7 Å². The Morgan fingerprint density at radius 3 is 2.11 bits per heavy atom. The lowest BCUT2D eigenvalue weighted by Crippen LogP contribution is -2.20. The molecule has 0 spiro atoms. The summed E-state index contributed by atoms with van der Waals surface area (Å²) in [4.78, 5) is 11.6. The molecule has 0 fully saturated rings. The van der Waals surface area contributed by atoms with Crippen molar-refractivity contribution in [3.63, 3.8) is 0 Å². The number of allylic oxidation sites excluding steroid dienone is 2. The van der Waals surface area contributed by atoms with E-state index in [2.05, 4.69) is 15.5 Å². The third-order valence-corrected chi connectivity index (χ3v) is 5.07. The first kappa shape index (κ1) is 25.9. The molecule has 0 aliphatic rings. The van der Waals surface area contributed by atoms with E-state index in [1.807, 2.05) is 0 Å². The molecule has 2 N–H and O–H groups in total. The molecule has 3 aromatic rings. The van der Waals surface area contributed by atoms with Crippen LogP contribution in [0.4, 0.5) is 8.78 Å². The third-order valence-electron chi connectivity index (χ3n) is 5.07. The molecule has 0 radical (unpaired) electrons. The Morgan fingerprint density at radius 1 is 1.06 bits per heavy atom. The van der Waals surface area contributed by atoms with E-state index in [0.717, 1.165) is 0 Å². The first-order valence-electron chi connectivity index (χ1n) is 11.0. The summed E-state index contributed by atoms with van der Waals surface area (Å²) in [6.07, 6.45) is 0.410. The highest BCUT2D eigenvalue weighted by atomic mass is 19.1. The van der Waals surface area contributed by atoms with Crippen molar-refractivity contribution < 1.29 is 28.5 Å². The van der Waals surface area contributed by atoms with Gasteiger partial charge in [0.25, 0.3) is 0 Å². The maximum Gasteiger partial charge on any atom is 0.308 e. The van der Waals surface area contributed by atoms with Crippen molar-refractivity contribution in [3.05, 3.63) is 89.3 Å². The number of aliphatic hydroxyl groups excluding tert-OH is 2. The second kappa shape index (κ2) is 12.1. The van der Waals surface area contributed by atoms with Gasteiger partial charge in [-0.2, -0.15) is 4.68 Å². The molecule has 35 heavy (non-hydrogen) atoms. The van der Waals surface area contributed by atoms with Crippen LogP contribution in [-0.4, -0.2) is 55.2 Å². The number of aromatic nitrogens is 4. The number of carbonyl (C=O) groups is 1. The summed E-state index contributed by atoms with van der Waals surface area (Å²) < 4.78 is 33.5. The number of hydrogen-bond acceptors (Lipinski definition) is 7. The van der Waals surface area contributed by atoms with E-state index >= 15 is 0 Å². The Balaban J connectivity index is 2.05. The van der Waals surface area contributed by atoms with Crippen molar-refractivity contribution in [3.8, 4) is 0 Å². The molecule has 3 rings (SSSR count). The summed E-state index contributed by atoms with van der Waals surface area (Å²) >= 11 is 0. The first-order chi connectivity index (χ1) is 16.8. The zero-order chi connectivity index (χ0) is 25.4. The largest absolute Gasteiger partial charge is 0.466 e. The number of aryl methyl sites for hydroxylation is 1. The van der Waals surface area contributed by atoms with Crippen LogP contribution in [0.2, 0.25) is 0 Å². The van der Waals surface area contributed by atoms with Gasteiger partial charge in [-0.05, 0) is 65.7 Å². The Bertz CT molecular complexity index is 1140. The molecule has 10 heteroatoms. The minimum Gasteiger partial charge on any atom is -0.466 e. The number of carbonyl (C=O) groups excluding carboxylic acids is 1. The average molecular weight is 485 g/mol. The van der Waals surface area contributed by atoms with Gasteiger partial charge in [-0.15, -0.1) is 5.10 Å². The number of nitrogens with zero attached hydrogens (tertiary/aromatic N) is 4. The van der Waals surface area contributed by atoms with Crippen molar-refractivity contribution >= 4 is 17.2 Å². The van der Waals surface area contributed by atoms with Crippen LogP contribution in [0, 0.1) is 18.6 Å². The number of rotatable bonds is 10. The predicted molar refractivity (Wildman–Crippen MR) is 125 cm³/mol. The van der Waals surface area contributed by atoms with Gasteiger partial charge in [0.05, 0.1) is 30.9 Å². The van der Waals surface area contributed by atoms with Crippen molar-refractivity contribution in [2.24, 2.45) is 0 Å². The fourth-order valence-electron chi connectivity index (χ4n) is 3.46. The van der Waals surface area contributed by atoms with E-state index in [4.69, 9.17) is 4.74 Å². The van der Waals surface area contributed by atoms with Gasteiger partial charge in [-0.25, -0.2) is 8.78 Å². The molecule has 0 saturated heterocycles. The number of esters is 1. The molecule has 0 aliphatic carbocycles. The monoisotopic (exact) mass is 484 g/mol. The van der Waals surface area contributed by atoms with E-state index in [-0.39, 0.29) is 19.4 Å². The molecule has 2 unspecified atom stereocenters. The minimum absolute atomic E-state index is 0.111. The summed E-state index contributed by atoms with van der Waals surface area (Å²) in [6.45, 7) is 3.54. The molecule has 184 valence electrons. The topological polar surface area (TPSA) is 110 Å². The normalized spacial score (nSPS) is 13.0. The van der Waals surface area contributed by atoms with Crippen molar-refractivity contribution in [1.29, 1.82) is 0 Å². The Labute approximate surface area is 201 Å². The van der Waals surface area contributed by atoms with E-state index in [1.165, 1.54) is 35.0 Å². The van der Waals surface area contributed by atoms with Gasteiger partial charge in [0, 0.05) is 12.0 Å². The molecule has 0 saturated carbocycles. The van der Waals surface area contributed by atoms with Crippen molar-refractivity contribution in [1.82, 2.24) is 20.2 Å². The van der Waals surface area contributed by atoms with Crippen LogP contribution in [0.5, 0.6) is 0 Å². The highest BCUT2D eigenvalue weighted by Gasteiger charge is 2.18. The number of ether oxygens (including phenoxy) is 1. The molecule has 0 aliphatic heterocycles. The standard InChI is InChI=1S/C25H26F2N4O4/c1-3-35-24(34)15-22(33)14-21(32)12-13-23(31-16(2)28-29-30-31)25(17-4-8-19(26)9-5-17)18-6-10-20(27)11-7-18/h4-13,21-22,32-33H,3,14-15H2,1-2H3/b13-12+. The lowest BCUT2D eigenvalue weighted by atomic mass is 9.95. The van der Waals surface area contributed by atoms with E-state index in [0.29, 0.717) is 28.2 Å². The highest BCUT2D eigenvalue weighted by Crippen LogP contribution is 2.31. The van der Waals surface area contributed by atoms with E-state index in [9.17, 15) is 23.8 Å². The van der Waals surface area contributed by atoms with Crippen LogP contribution in [0.15, 0.2) is 60.7 Å². The van der Waals surface area contributed by atoms with Crippen LogP contribution in [0.25, 0.3) is 11.3 Å². The number of aliphatic hydroxyl groups is 2. The molecular formula is C25H26F2N4O4. The van der Waals surface area contributed by atoms with E-state index in [1.54, 1.807) is 44.2 Å². The molecule has 8 nitrogen and oxygen atoms in total. The van der Waals surface area contributed by atoms with Crippen LogP contribution in [0.3, 0.4) is 0 Å². The minimum atomic E-state index is -1.12. The predicted octanol–water partition coefficient (Wildman–Crippen LogP) is 3.30. The van der Waals surface area contributed by atoms with Crippen LogP contribution in [-0.2, 0) is 9.53 Å². The second-order valence-electron chi connectivity index (χ2n) is 7.74. The van der Waals surface area contributed by atoms with Crippen molar-refractivity contribution in [2.45, 2.75) is 38.9 Å². The van der Waals surface area contributed by atoms with Gasteiger partial charge < -0.3 is 14.9 Å². The SMILES string of the molecule is CCOC(=O)CC(O)CC(O)/C=C/C(=C(c1ccc(F)cc1)c1ccc(F)cc1)n1nnnc1C. The van der Waals surface area contributed by atoms with Crippen LogP contribution < -0.4 is 0 Å². The fraction of sp³-hybridized carbons (Fsp3) is 0.280. The maximum atomic E-state index is 13.7. The summed E-state index contributed by atoms with van der Waals surface area (Å²) in [5.74, 6) is -0.970. The summed E-state index contributed by atoms with van der Waals surface area (Å²) in [6, 6.07) is 11.5. The molecule has 1 heterocycles. The van der Waals surface area contributed by atoms with Gasteiger partial charge in [0.15, 0.2) is 5.82 Å². The number of benzene rings is 2. The lowest BCUT2D eigenvalue weighted by molar-refractivity contribution is -0.145. The summed E-state index contributed by atoms with van der Waals surface area (Å²) in [7, 11) is 0. The molecule has 2 atom stereocenters. The molecule has 0 bridgehead atoms. The molecule has 1 aromatic heterocycles. The van der Waals surface area contributed by atoms with Gasteiger partial charge in [-0.3, -0.25) is 4.79 Å². The number of halogens is 2. The molecule has 2 aromatic carbocycles. The zero-order valence-corrected chi connectivity index (χ0v) is 19.3. The average Bonchev–Trinajstić information content (AvgIpc) is 3.24. The van der Waals surface area contributed by atoms with Gasteiger partial charge in [0.2, 0.25) is 0 Å². The van der Waals surface area contributed by atoms with Gasteiger partial charge >= 0.3 is 5.97 Å². The quantitative estimate of drug-likeness (QED) is 0.336. The van der Waals surface area contributed by atoms with Gasteiger partial charge in [-0.1, -0.05) is 30.3 Å². The molecule has 0 amide bonds. The first-order valence-corrected chi connectivity index (χ1v) is 11.0. The molecular weight excluding hydrogens is 458 g/mol. The summed E-state index contributed by atoms with van der Waals surface area (Å²) in [5, 5.41) is 32.2. The fourth-order valence-corrected chi connectivity index (χ4v) is 3.46. The Kier molecular flexibility index (Phi) is 8.93. The summed E-state index contributed by atoms with van der Waals surface area (Å²) in [5.41, 5.74) is 2.18. The maximum absolute atomic E-state index is 13.7. The number of hydrogen-bond donors (Lipinski definition) is 2. The zero-order valence-electron chi connectivity index (χ0n) is 19.3. The second-order valence-corrected chi connectivity index (χ2v) is 7.74. The van der Waals surface area contributed by atoms with Gasteiger partial charge in [0.1, 0.15) is 11.6 Å². The Hall–Kier alpha value is -3.76. The smallest absolute Gasteiger partial charge is 0.308 e. The lowest BCUT2D eigenvalue weighted by Gasteiger charge is -2.16.